The quantitative estimate of drug-likeness (QED) is 0.0907. The minimum atomic E-state index is -1.64. The van der Waals surface area contributed by atoms with Crippen molar-refractivity contribution in [1.29, 1.82) is 0 Å². The van der Waals surface area contributed by atoms with E-state index in [0.717, 1.165) is 5.56 Å². The number of aromatic nitrogens is 1. The van der Waals surface area contributed by atoms with Gasteiger partial charge in [-0.25, -0.2) is 9.59 Å². The number of fused-ring (bicyclic) bond motifs is 2. The summed E-state index contributed by atoms with van der Waals surface area (Å²) in [5.41, 5.74) is -2.91. The Morgan fingerprint density at radius 1 is 0.926 bits per heavy atom. The summed E-state index contributed by atoms with van der Waals surface area (Å²) in [7, 11) is 7.30. The summed E-state index contributed by atoms with van der Waals surface area (Å²) in [6.07, 6.45) is -2.94. The fourth-order valence-corrected chi connectivity index (χ4v) is 12.7. The summed E-state index contributed by atoms with van der Waals surface area (Å²) in [5, 5.41) is 13.4. The molecule has 0 amide bonds. The van der Waals surface area contributed by atoms with E-state index in [1.165, 1.54) is 6.92 Å². The first-order chi connectivity index (χ1) is 38.1. The maximum absolute atomic E-state index is 14.9. The molecule has 21 nitrogen and oxygen atoms in total. The molecule has 0 spiro atoms. The van der Waals surface area contributed by atoms with Crippen molar-refractivity contribution in [3.05, 3.63) is 51.8 Å². The molecule has 1 N–H and O–H groups in total. The molecule has 0 unspecified atom stereocenters. The van der Waals surface area contributed by atoms with E-state index in [1.54, 1.807) is 47.1 Å². The van der Waals surface area contributed by atoms with Crippen LogP contribution in [0.1, 0.15) is 132 Å². The smallest absolute Gasteiger partial charge is 0.462 e. The lowest BCUT2D eigenvalue weighted by molar-refractivity contribution is -0.321. The predicted octanol–water partition coefficient (Wildman–Crippen LogP) is 6.92. The van der Waals surface area contributed by atoms with Crippen LogP contribution in [0, 0.1) is 17.8 Å². The predicted molar refractivity (Wildman–Crippen MR) is 300 cm³/mol. The molecule has 4 fully saturated rings. The van der Waals surface area contributed by atoms with Crippen LogP contribution < -0.4 is 5.43 Å². The lowest BCUT2D eigenvalue weighted by Gasteiger charge is -2.49. The summed E-state index contributed by atoms with van der Waals surface area (Å²) >= 11 is 0. The van der Waals surface area contributed by atoms with Crippen LogP contribution in [-0.2, 0) is 73.0 Å². The van der Waals surface area contributed by atoms with E-state index in [1.807, 2.05) is 115 Å². The molecule has 4 saturated heterocycles. The highest BCUT2D eigenvalue weighted by molar-refractivity contribution is 5.94. The van der Waals surface area contributed by atoms with E-state index in [9.17, 15) is 29.1 Å². The van der Waals surface area contributed by atoms with E-state index in [-0.39, 0.29) is 74.7 Å². The zero-order valence-electron chi connectivity index (χ0n) is 50.9. The van der Waals surface area contributed by atoms with Gasteiger partial charge in [-0.3, -0.25) is 19.3 Å². The monoisotopic (exact) mass is 1140 g/mol. The average molecular weight is 1140 g/mol. The Hall–Kier alpha value is -4.55. The molecule has 0 bridgehead atoms. The van der Waals surface area contributed by atoms with Crippen LogP contribution >= 0.6 is 0 Å². The molecule has 1 aromatic heterocycles. The van der Waals surface area contributed by atoms with Crippen LogP contribution in [-0.4, -0.2) is 195 Å². The van der Waals surface area contributed by atoms with E-state index in [4.69, 9.17) is 56.8 Å². The van der Waals surface area contributed by atoms with E-state index < -0.39 is 114 Å². The highest BCUT2D eigenvalue weighted by atomic mass is 16.8. The first kappa shape index (κ1) is 65.6. The Bertz CT molecular complexity index is 2560. The number of aliphatic hydroxyl groups is 1. The Morgan fingerprint density at radius 2 is 1.64 bits per heavy atom. The zero-order valence-corrected chi connectivity index (χ0v) is 50.9. The van der Waals surface area contributed by atoms with Gasteiger partial charge in [-0.05, 0) is 126 Å². The van der Waals surface area contributed by atoms with Gasteiger partial charge in [-0.1, -0.05) is 39.0 Å². The Morgan fingerprint density at radius 3 is 2.28 bits per heavy atom. The molecule has 456 valence electrons. The molecule has 2 aromatic rings. The van der Waals surface area contributed by atoms with Gasteiger partial charge in [-0.2, -0.15) is 0 Å². The third kappa shape index (κ3) is 15.2. The van der Waals surface area contributed by atoms with Gasteiger partial charge in [0.15, 0.2) is 30.4 Å². The fourth-order valence-electron chi connectivity index (χ4n) is 12.7. The normalized spacial score (nSPS) is 36.6. The molecule has 18 atom stereocenters. The SMILES string of the molecule is CCOC(=O)c1cn(CC)c2ccc(C=CCOCCO[C@H]3[C@H](C)O[C@@H](O[C@H]4[C@H](C)[C@@H](O[C@@H]5O[C@H](C)C[C@H](N(C)C)[C@H]5OC(C)=O)[C@](C)(O)C[C@@H](C)CN(C)[C@H](C)[C@@H]5OC(=O)O[C@]5(C)[C@@H](CC)OC(=O)[C@@H]4C)C[C@@]3(C)OC)cc2c1=O. The second kappa shape index (κ2) is 27.9. The second-order valence-corrected chi connectivity index (χ2v) is 23.6. The van der Waals surface area contributed by atoms with Gasteiger partial charge in [0.25, 0.3) is 0 Å². The van der Waals surface area contributed by atoms with Gasteiger partial charge in [-0.15, -0.1) is 0 Å². The lowest BCUT2D eigenvalue weighted by Crippen LogP contribution is -2.61. The Labute approximate surface area is 478 Å². The Balaban J connectivity index is 1.24. The third-order valence-electron chi connectivity index (χ3n) is 16.9. The number of cyclic esters (lactones) is 1. The summed E-state index contributed by atoms with van der Waals surface area (Å²) in [4.78, 5) is 70.6. The number of nitrogens with zero attached hydrogens (tertiary/aromatic N) is 3. The number of ether oxygens (including phenoxy) is 12. The van der Waals surface area contributed by atoms with Crippen LogP contribution in [0.3, 0.4) is 0 Å². The van der Waals surface area contributed by atoms with Crippen molar-refractivity contribution in [3.63, 3.8) is 0 Å². The van der Waals surface area contributed by atoms with Gasteiger partial charge in [0.1, 0.15) is 17.8 Å². The van der Waals surface area contributed by atoms with Crippen molar-refractivity contribution in [2.45, 2.75) is 213 Å². The molecule has 81 heavy (non-hydrogen) atoms. The van der Waals surface area contributed by atoms with Gasteiger partial charge < -0.3 is 71.4 Å². The topological polar surface area (TPSA) is 228 Å². The standard InChI is InChI=1S/C60H93N3O18/c1-18-46-60(13)52(80-57(68)81-60)38(8)62(16)32-34(4)30-58(11,69)51(79-56-50(76-40(10)64)45(61(14)15)28-35(5)74-56)36(6)49(37(7)54(66)77-46)78-47-31-59(12,70-17)53(39(9)75-47)73-27-26-71-25-21-22-41-23-24-44-42(29-41)48(65)43(33-63(44)19-2)55(67)72-20-3/h21-24,29,33-39,45-47,49-53,56,69H,18-20,25-28,30-32H2,1-17H3/t34-,35-,36+,37-,38-,39+,45+,46-,47+,49+,50-,51-,52+,53+,56+,58-,59-,60-/m1/s1. The average Bonchev–Trinajstić information content (AvgIpc) is 3.90. The molecule has 0 saturated carbocycles. The van der Waals surface area contributed by atoms with E-state index in [2.05, 4.69) is 0 Å². The summed E-state index contributed by atoms with van der Waals surface area (Å²) in [6.45, 7) is 25.3. The molecule has 4 aliphatic rings. The molecule has 0 aliphatic carbocycles. The molecule has 1 aromatic carbocycles. The van der Waals surface area contributed by atoms with E-state index >= 15 is 0 Å². The molecule has 21 heteroatoms. The van der Waals surface area contributed by atoms with Crippen molar-refractivity contribution in [1.82, 2.24) is 14.4 Å². The maximum Gasteiger partial charge on any atom is 0.509 e. The maximum atomic E-state index is 14.9. The molecule has 5 heterocycles. The van der Waals surface area contributed by atoms with E-state index in [0.29, 0.717) is 30.4 Å². The number of pyridine rings is 1. The van der Waals surface area contributed by atoms with Crippen molar-refractivity contribution in [2.75, 3.05) is 61.2 Å². The second-order valence-electron chi connectivity index (χ2n) is 23.6. The van der Waals surface area contributed by atoms with Crippen LogP contribution in [0.5, 0.6) is 0 Å². The number of methoxy groups -OCH3 is 1. The van der Waals surface area contributed by atoms with Crippen molar-refractivity contribution >= 4 is 41.0 Å². The number of aryl methyl sites for hydroxylation is 1. The largest absolute Gasteiger partial charge is 0.509 e. The highest BCUT2D eigenvalue weighted by Gasteiger charge is 2.58. The Kier molecular flexibility index (Phi) is 22.6. The van der Waals surface area contributed by atoms with Gasteiger partial charge >= 0.3 is 24.1 Å². The van der Waals surface area contributed by atoms with Crippen molar-refractivity contribution in [2.24, 2.45) is 17.8 Å². The van der Waals surface area contributed by atoms with Crippen molar-refractivity contribution in [3.8, 4) is 0 Å². The van der Waals surface area contributed by atoms with Crippen molar-refractivity contribution < 1.29 is 81.1 Å². The fraction of sp³-hybridized carbons (Fsp3) is 0.750. The van der Waals surface area contributed by atoms with Gasteiger partial charge in [0.2, 0.25) is 5.43 Å². The number of carbonyl (C=O) groups is 4. The van der Waals surface area contributed by atoms with Crippen LogP contribution in [0.15, 0.2) is 35.3 Å². The van der Waals surface area contributed by atoms with Crippen LogP contribution in [0.25, 0.3) is 17.0 Å². The molecular formula is C60H93N3O18. The van der Waals surface area contributed by atoms with Crippen LogP contribution in [0.2, 0.25) is 0 Å². The van der Waals surface area contributed by atoms with Crippen LogP contribution in [0.4, 0.5) is 4.79 Å². The lowest BCUT2D eigenvalue weighted by atomic mass is 9.77. The number of carbonyl (C=O) groups excluding carboxylic acids is 4. The number of benzene rings is 1. The number of esters is 3. The molecule has 6 rings (SSSR count). The van der Waals surface area contributed by atoms with Gasteiger partial charge in [0.05, 0.1) is 79.5 Å². The molecular weight excluding hydrogens is 1050 g/mol. The molecule has 0 radical (unpaired) electrons. The number of rotatable bonds is 18. The highest BCUT2D eigenvalue weighted by Crippen LogP contribution is 2.43. The first-order valence-corrected chi connectivity index (χ1v) is 28.9. The number of hydrogen-bond donors (Lipinski definition) is 1. The molecule has 4 aliphatic heterocycles. The number of likely N-dealkylation sites (N-methyl/N-ethyl adjacent to an activating group) is 2. The zero-order chi connectivity index (χ0) is 59.9. The summed E-state index contributed by atoms with van der Waals surface area (Å²) in [5.74, 6) is -3.89. The summed E-state index contributed by atoms with van der Waals surface area (Å²) in [6, 6.07) is 4.81. The number of hydrogen-bond acceptors (Lipinski definition) is 20. The third-order valence-corrected chi connectivity index (χ3v) is 16.9. The first-order valence-electron chi connectivity index (χ1n) is 28.9. The minimum absolute atomic E-state index is 0.0112. The minimum Gasteiger partial charge on any atom is -0.462 e. The van der Waals surface area contributed by atoms with Gasteiger partial charge in [0, 0.05) is 57.1 Å². The summed E-state index contributed by atoms with van der Waals surface area (Å²) < 4.78 is 77.1.